The Morgan fingerprint density at radius 1 is 0.833 bits per heavy atom. The molecule has 158 valence electrons. The van der Waals surface area contributed by atoms with Gasteiger partial charge in [-0.3, -0.25) is 4.79 Å². The quantitative estimate of drug-likeness (QED) is 0.342. The van der Waals surface area contributed by atoms with Gasteiger partial charge >= 0.3 is 18.0 Å². The zero-order valence-corrected chi connectivity index (χ0v) is 16.3. The maximum Gasteiger partial charge on any atom is 0.427 e. The molecule has 0 saturated carbocycles. The molecular weight excluding hydrogens is 392 g/mol. The number of hydrogen-bond donors (Lipinski definition) is 3. The molecule has 2 aromatic carbocycles. The zero-order chi connectivity index (χ0) is 22.4. The summed E-state index contributed by atoms with van der Waals surface area (Å²) in [5, 5.41) is 20.8. The Kier molecular flexibility index (Phi) is 10.6. The lowest BCUT2D eigenvalue weighted by Crippen LogP contribution is -2.25. The highest BCUT2D eigenvalue weighted by atomic mass is 16.5. The Balaban J connectivity index is 0.000000325. The standard InChI is InChI=1S/C12H14N2O4.C9H8O3/c1-2-18-12(17)14-13-10(11(15)16)8-9-6-4-3-5-7-9;10-8(9(11)12)6-7-4-2-1-3-5-7/h3-7H,2,8H2,1H3,(H,14,17)(H,15,16);1-5H,6H2,(H,11,12)/b13-10-;. The van der Waals surface area contributed by atoms with E-state index in [9.17, 15) is 19.2 Å². The average Bonchev–Trinajstić information content (AvgIpc) is 2.73. The van der Waals surface area contributed by atoms with Crippen molar-refractivity contribution < 1.29 is 34.1 Å². The largest absolute Gasteiger partial charge is 0.477 e. The number of carboxylic acid groups (broad SMARTS) is 2. The molecule has 1 amide bonds. The summed E-state index contributed by atoms with van der Waals surface area (Å²) in [7, 11) is 0. The van der Waals surface area contributed by atoms with Crippen LogP contribution in [0.2, 0.25) is 0 Å². The Bertz CT molecular complexity index is 881. The molecule has 3 N–H and O–H groups in total. The number of ketones is 1. The third kappa shape index (κ3) is 9.79. The highest BCUT2D eigenvalue weighted by molar-refractivity contribution is 6.36. The molecule has 2 aromatic rings. The van der Waals surface area contributed by atoms with Crippen molar-refractivity contribution in [3.05, 3.63) is 71.8 Å². The molecule has 0 spiro atoms. The molecule has 30 heavy (non-hydrogen) atoms. The van der Waals surface area contributed by atoms with Crippen LogP contribution in [0.15, 0.2) is 65.8 Å². The summed E-state index contributed by atoms with van der Waals surface area (Å²) in [6.07, 6.45) is -0.678. The van der Waals surface area contributed by atoms with Crippen LogP contribution >= 0.6 is 0 Å². The van der Waals surface area contributed by atoms with E-state index in [-0.39, 0.29) is 25.2 Å². The van der Waals surface area contributed by atoms with Crippen LogP contribution in [0.5, 0.6) is 0 Å². The fourth-order valence-corrected chi connectivity index (χ4v) is 2.09. The lowest BCUT2D eigenvalue weighted by atomic mass is 10.1. The first kappa shape index (κ1) is 24.0. The van der Waals surface area contributed by atoms with E-state index >= 15 is 0 Å². The van der Waals surface area contributed by atoms with E-state index in [2.05, 4.69) is 9.84 Å². The van der Waals surface area contributed by atoms with Crippen LogP contribution < -0.4 is 5.43 Å². The maximum atomic E-state index is 11.0. The molecule has 0 unspecified atom stereocenters. The maximum absolute atomic E-state index is 11.0. The summed E-state index contributed by atoms with van der Waals surface area (Å²) in [6, 6.07) is 17.8. The third-order valence-corrected chi connectivity index (χ3v) is 3.46. The summed E-state index contributed by atoms with van der Waals surface area (Å²) in [5.41, 5.74) is 3.40. The van der Waals surface area contributed by atoms with E-state index < -0.39 is 23.8 Å². The van der Waals surface area contributed by atoms with Crippen LogP contribution in [0.1, 0.15) is 18.1 Å². The molecule has 0 radical (unpaired) electrons. The number of carbonyl (C=O) groups excluding carboxylic acids is 2. The van der Waals surface area contributed by atoms with Gasteiger partial charge < -0.3 is 14.9 Å². The molecule has 0 atom stereocenters. The zero-order valence-electron chi connectivity index (χ0n) is 16.3. The van der Waals surface area contributed by atoms with E-state index in [1.807, 2.05) is 17.6 Å². The van der Waals surface area contributed by atoms with Gasteiger partial charge in [0.25, 0.3) is 0 Å². The summed E-state index contributed by atoms with van der Waals surface area (Å²) in [6.45, 7) is 1.84. The Morgan fingerprint density at radius 2 is 1.33 bits per heavy atom. The van der Waals surface area contributed by atoms with E-state index in [1.165, 1.54) is 0 Å². The predicted molar refractivity (Wildman–Crippen MR) is 108 cm³/mol. The van der Waals surface area contributed by atoms with Crippen molar-refractivity contribution in [1.29, 1.82) is 0 Å². The number of aliphatic carboxylic acids is 2. The summed E-state index contributed by atoms with van der Waals surface area (Å²) in [4.78, 5) is 42.8. The molecule has 0 bridgehead atoms. The Hall–Kier alpha value is -4.01. The van der Waals surface area contributed by atoms with Crippen LogP contribution in [0.4, 0.5) is 4.79 Å². The van der Waals surface area contributed by atoms with Crippen molar-refractivity contribution in [3.8, 4) is 0 Å². The van der Waals surface area contributed by atoms with Gasteiger partial charge in [-0.2, -0.15) is 5.10 Å². The van der Waals surface area contributed by atoms with Gasteiger partial charge in [-0.1, -0.05) is 60.7 Å². The van der Waals surface area contributed by atoms with Gasteiger partial charge in [-0.05, 0) is 18.1 Å². The predicted octanol–water partition coefficient (Wildman–Crippen LogP) is 2.30. The number of rotatable bonds is 8. The fraction of sp³-hybridized carbons (Fsp3) is 0.190. The second kappa shape index (κ2) is 13.2. The van der Waals surface area contributed by atoms with Gasteiger partial charge in [0.15, 0.2) is 0 Å². The number of Topliss-reactive ketones (excluding diaryl/α,β-unsaturated/α-hetero) is 1. The van der Waals surface area contributed by atoms with Crippen molar-refractivity contribution in [2.24, 2.45) is 5.10 Å². The molecule has 2 rings (SSSR count). The number of carboxylic acids is 2. The molecule has 0 heterocycles. The first-order valence-corrected chi connectivity index (χ1v) is 8.90. The Morgan fingerprint density at radius 3 is 1.77 bits per heavy atom. The van der Waals surface area contributed by atoms with Crippen molar-refractivity contribution in [1.82, 2.24) is 5.43 Å². The van der Waals surface area contributed by atoms with Crippen molar-refractivity contribution >= 4 is 29.5 Å². The van der Waals surface area contributed by atoms with Gasteiger partial charge in [0.2, 0.25) is 5.78 Å². The Labute approximate surface area is 173 Å². The SMILES string of the molecule is CCOC(=O)N/N=C(/Cc1ccccc1)C(=O)O.O=C(O)C(=O)Cc1ccccc1. The summed E-state index contributed by atoms with van der Waals surface area (Å²) in [5.74, 6) is -3.34. The highest BCUT2D eigenvalue weighted by Crippen LogP contribution is 2.01. The van der Waals surface area contributed by atoms with Gasteiger partial charge in [-0.15, -0.1) is 0 Å². The minimum Gasteiger partial charge on any atom is -0.477 e. The molecule has 0 saturated heterocycles. The van der Waals surface area contributed by atoms with Crippen molar-refractivity contribution in [3.63, 3.8) is 0 Å². The van der Waals surface area contributed by atoms with E-state index in [4.69, 9.17) is 10.2 Å². The van der Waals surface area contributed by atoms with Crippen LogP contribution in [0.3, 0.4) is 0 Å². The fourth-order valence-electron chi connectivity index (χ4n) is 2.09. The summed E-state index contributed by atoms with van der Waals surface area (Å²) < 4.78 is 4.57. The van der Waals surface area contributed by atoms with Crippen LogP contribution in [0, 0.1) is 0 Å². The molecule has 0 aliphatic carbocycles. The molecule has 0 aliphatic rings. The molecule has 9 nitrogen and oxygen atoms in total. The number of nitrogens with zero attached hydrogens (tertiary/aromatic N) is 1. The molecular formula is C21H22N2O7. The molecule has 0 fully saturated rings. The lowest BCUT2D eigenvalue weighted by molar-refractivity contribution is -0.148. The molecule has 0 aromatic heterocycles. The number of carbonyl (C=O) groups is 4. The smallest absolute Gasteiger partial charge is 0.427 e. The molecule has 9 heteroatoms. The monoisotopic (exact) mass is 414 g/mol. The number of amides is 1. The average molecular weight is 414 g/mol. The van der Waals surface area contributed by atoms with E-state index in [0.717, 1.165) is 11.1 Å². The first-order valence-electron chi connectivity index (χ1n) is 8.90. The molecule has 0 aliphatic heterocycles. The third-order valence-electron chi connectivity index (χ3n) is 3.46. The van der Waals surface area contributed by atoms with Gasteiger partial charge in [0, 0.05) is 12.8 Å². The minimum atomic E-state index is -1.38. The lowest BCUT2D eigenvalue weighted by Gasteiger charge is -2.03. The summed E-state index contributed by atoms with van der Waals surface area (Å²) >= 11 is 0. The van der Waals surface area contributed by atoms with Crippen LogP contribution in [-0.2, 0) is 32.0 Å². The highest BCUT2D eigenvalue weighted by Gasteiger charge is 2.12. The van der Waals surface area contributed by atoms with Crippen LogP contribution in [0.25, 0.3) is 0 Å². The topological polar surface area (TPSA) is 142 Å². The first-order chi connectivity index (χ1) is 14.3. The van der Waals surface area contributed by atoms with Crippen molar-refractivity contribution in [2.75, 3.05) is 6.61 Å². The number of hydrazone groups is 1. The van der Waals surface area contributed by atoms with E-state index in [1.54, 1.807) is 55.5 Å². The number of ether oxygens (including phenoxy) is 1. The van der Waals surface area contributed by atoms with E-state index in [0.29, 0.717) is 0 Å². The normalized spacial score (nSPS) is 10.2. The van der Waals surface area contributed by atoms with Gasteiger partial charge in [0.1, 0.15) is 5.71 Å². The minimum absolute atomic E-state index is 0.0316. The van der Waals surface area contributed by atoms with Gasteiger partial charge in [-0.25, -0.2) is 19.8 Å². The second-order valence-corrected chi connectivity index (χ2v) is 5.75. The second-order valence-electron chi connectivity index (χ2n) is 5.75. The number of benzene rings is 2. The van der Waals surface area contributed by atoms with Crippen molar-refractivity contribution in [2.45, 2.75) is 19.8 Å². The van der Waals surface area contributed by atoms with Crippen LogP contribution in [-0.4, -0.2) is 46.3 Å². The van der Waals surface area contributed by atoms with Gasteiger partial charge in [0.05, 0.1) is 6.61 Å². The number of hydrogen-bond acceptors (Lipinski definition) is 6. The number of nitrogens with one attached hydrogen (secondary N) is 1.